The first-order chi connectivity index (χ1) is 7.77. The number of aryl methyl sites for hydroxylation is 1. The van der Waals surface area contributed by atoms with Crippen molar-refractivity contribution in [2.45, 2.75) is 32.2 Å². The summed E-state index contributed by atoms with van der Waals surface area (Å²) < 4.78 is 0. The van der Waals surface area contributed by atoms with E-state index in [0.717, 1.165) is 18.1 Å². The fourth-order valence-corrected chi connectivity index (χ4v) is 2.20. The van der Waals surface area contributed by atoms with Crippen molar-refractivity contribution < 1.29 is 0 Å². The summed E-state index contributed by atoms with van der Waals surface area (Å²) in [5, 5.41) is 3.40. The predicted molar refractivity (Wildman–Crippen MR) is 65.5 cm³/mol. The van der Waals surface area contributed by atoms with Crippen molar-refractivity contribution in [2.75, 3.05) is 25.5 Å². The maximum Gasteiger partial charge on any atom is 0.147 e. The lowest BCUT2D eigenvalue weighted by molar-refractivity contribution is 0.194. The van der Waals surface area contributed by atoms with Crippen molar-refractivity contribution in [3.05, 3.63) is 18.1 Å². The highest BCUT2D eigenvalue weighted by Gasteiger charge is 2.18. The molecule has 0 spiro atoms. The fraction of sp³-hybridized carbons (Fsp3) is 0.667. The van der Waals surface area contributed by atoms with Gasteiger partial charge in [-0.25, -0.2) is 4.98 Å². The monoisotopic (exact) mass is 220 g/mol. The summed E-state index contributed by atoms with van der Waals surface area (Å²) in [6.07, 6.45) is 7.42. The normalized spacial score (nSPS) is 22.0. The molecule has 1 N–H and O–H groups in total. The van der Waals surface area contributed by atoms with Crippen molar-refractivity contribution in [2.24, 2.45) is 0 Å². The Bertz CT molecular complexity index is 340. The number of likely N-dealkylation sites (tertiary alicyclic amines) is 1. The molecular formula is C12H20N4. The number of nitrogens with zero attached hydrogens (tertiary/aromatic N) is 3. The molecule has 1 atom stereocenters. The summed E-state index contributed by atoms with van der Waals surface area (Å²) in [5.74, 6) is 0.918. The summed E-state index contributed by atoms with van der Waals surface area (Å²) in [5.41, 5.74) is 0.973. The number of hydrogen-bond acceptors (Lipinski definition) is 4. The largest absolute Gasteiger partial charge is 0.367 e. The van der Waals surface area contributed by atoms with Crippen LogP contribution in [0.3, 0.4) is 0 Å². The van der Waals surface area contributed by atoms with Gasteiger partial charge in [-0.2, -0.15) is 0 Å². The van der Waals surface area contributed by atoms with Crippen LogP contribution >= 0.6 is 0 Å². The van der Waals surface area contributed by atoms with Crippen LogP contribution in [0, 0.1) is 6.92 Å². The fourth-order valence-electron chi connectivity index (χ4n) is 2.20. The molecule has 88 valence electrons. The molecule has 1 unspecified atom stereocenters. The molecule has 1 aliphatic heterocycles. The van der Waals surface area contributed by atoms with Crippen molar-refractivity contribution >= 4 is 5.82 Å². The van der Waals surface area contributed by atoms with Gasteiger partial charge in [0.05, 0.1) is 5.69 Å². The zero-order valence-corrected chi connectivity index (χ0v) is 10.1. The van der Waals surface area contributed by atoms with Crippen LogP contribution in [0.15, 0.2) is 12.4 Å². The molecule has 4 heteroatoms. The third-order valence-corrected chi connectivity index (χ3v) is 3.31. The highest BCUT2D eigenvalue weighted by Crippen LogP contribution is 2.16. The van der Waals surface area contributed by atoms with Gasteiger partial charge in [0.15, 0.2) is 0 Å². The molecule has 0 radical (unpaired) electrons. The predicted octanol–water partition coefficient (Wildman–Crippen LogP) is 1.68. The molecule has 1 aromatic rings. The second kappa shape index (κ2) is 5.25. The first-order valence-corrected chi connectivity index (χ1v) is 5.99. The van der Waals surface area contributed by atoms with Gasteiger partial charge in [-0.1, -0.05) is 6.42 Å². The second-order valence-corrected chi connectivity index (χ2v) is 4.50. The Balaban J connectivity index is 1.89. The van der Waals surface area contributed by atoms with E-state index < -0.39 is 0 Å². The van der Waals surface area contributed by atoms with Crippen LogP contribution in [-0.4, -0.2) is 41.0 Å². The van der Waals surface area contributed by atoms with Gasteiger partial charge >= 0.3 is 0 Å². The molecule has 0 aliphatic carbocycles. The Morgan fingerprint density at radius 1 is 1.38 bits per heavy atom. The minimum Gasteiger partial charge on any atom is -0.367 e. The highest BCUT2D eigenvalue weighted by atomic mass is 15.2. The van der Waals surface area contributed by atoms with Crippen molar-refractivity contribution in [3.63, 3.8) is 0 Å². The van der Waals surface area contributed by atoms with Gasteiger partial charge in [0.25, 0.3) is 0 Å². The van der Waals surface area contributed by atoms with Crippen LogP contribution in [0.2, 0.25) is 0 Å². The number of aromatic nitrogens is 2. The van der Waals surface area contributed by atoms with Crippen molar-refractivity contribution in [1.29, 1.82) is 0 Å². The van der Waals surface area contributed by atoms with Gasteiger partial charge in [-0.05, 0) is 33.4 Å². The van der Waals surface area contributed by atoms with Crippen LogP contribution in [0.1, 0.15) is 25.0 Å². The molecule has 0 bridgehead atoms. The lowest BCUT2D eigenvalue weighted by atomic mass is 10.0. The zero-order valence-electron chi connectivity index (χ0n) is 10.1. The summed E-state index contributed by atoms with van der Waals surface area (Å²) in [6.45, 7) is 4.17. The number of anilines is 1. The minimum atomic E-state index is 0.634. The number of likely N-dealkylation sites (N-methyl/N-ethyl adjacent to an activating group) is 1. The van der Waals surface area contributed by atoms with E-state index in [1.165, 1.54) is 25.8 Å². The Hall–Kier alpha value is -1.16. The zero-order chi connectivity index (χ0) is 11.4. The average Bonchev–Trinajstić information content (AvgIpc) is 2.30. The van der Waals surface area contributed by atoms with Crippen molar-refractivity contribution in [3.8, 4) is 0 Å². The van der Waals surface area contributed by atoms with E-state index in [9.17, 15) is 0 Å². The molecular weight excluding hydrogens is 200 g/mol. The molecule has 1 aromatic heterocycles. The van der Waals surface area contributed by atoms with E-state index in [4.69, 9.17) is 0 Å². The molecule has 1 saturated heterocycles. The SMILES string of the molecule is Cc1nccnc1NCC1CCCCN1C. The third kappa shape index (κ3) is 2.70. The van der Waals surface area contributed by atoms with Crippen LogP contribution in [0.5, 0.6) is 0 Å². The van der Waals surface area contributed by atoms with Gasteiger partial charge in [0.1, 0.15) is 5.82 Å². The molecule has 0 saturated carbocycles. The summed E-state index contributed by atoms with van der Waals surface area (Å²) in [7, 11) is 2.20. The second-order valence-electron chi connectivity index (χ2n) is 4.50. The lowest BCUT2D eigenvalue weighted by Crippen LogP contribution is -2.40. The molecule has 4 nitrogen and oxygen atoms in total. The smallest absolute Gasteiger partial charge is 0.147 e. The number of piperidine rings is 1. The minimum absolute atomic E-state index is 0.634. The van der Waals surface area contributed by atoms with Crippen molar-refractivity contribution in [1.82, 2.24) is 14.9 Å². The molecule has 0 aromatic carbocycles. The first-order valence-electron chi connectivity index (χ1n) is 5.99. The maximum absolute atomic E-state index is 4.30. The third-order valence-electron chi connectivity index (χ3n) is 3.31. The topological polar surface area (TPSA) is 41.1 Å². The van der Waals surface area contributed by atoms with E-state index in [1.54, 1.807) is 12.4 Å². The summed E-state index contributed by atoms with van der Waals surface area (Å²) in [6, 6.07) is 0.634. The Kier molecular flexibility index (Phi) is 3.72. The lowest BCUT2D eigenvalue weighted by Gasteiger charge is -2.32. The van der Waals surface area contributed by atoms with E-state index in [-0.39, 0.29) is 0 Å². The maximum atomic E-state index is 4.30. The quantitative estimate of drug-likeness (QED) is 0.841. The van der Waals surface area contributed by atoms with Gasteiger partial charge in [0.2, 0.25) is 0 Å². The summed E-state index contributed by atoms with van der Waals surface area (Å²) >= 11 is 0. The molecule has 1 aliphatic rings. The van der Waals surface area contributed by atoms with E-state index in [0.29, 0.717) is 6.04 Å². The number of hydrogen-bond donors (Lipinski definition) is 1. The van der Waals surface area contributed by atoms with E-state index >= 15 is 0 Å². The Morgan fingerprint density at radius 2 is 2.19 bits per heavy atom. The molecule has 16 heavy (non-hydrogen) atoms. The van der Waals surface area contributed by atoms with Gasteiger partial charge in [0, 0.05) is 25.0 Å². The molecule has 1 fully saturated rings. The highest BCUT2D eigenvalue weighted by molar-refractivity contribution is 5.38. The standard InChI is InChI=1S/C12H20N4/c1-10-12(14-7-6-13-10)15-9-11-5-3-4-8-16(11)2/h6-7,11H,3-5,8-9H2,1-2H3,(H,14,15). The number of rotatable bonds is 3. The van der Waals surface area contributed by atoms with Crippen LogP contribution in [0.4, 0.5) is 5.82 Å². The van der Waals surface area contributed by atoms with Gasteiger partial charge in [-0.3, -0.25) is 4.98 Å². The molecule has 0 amide bonds. The van der Waals surface area contributed by atoms with E-state index in [2.05, 4.69) is 27.2 Å². The van der Waals surface area contributed by atoms with Crippen LogP contribution < -0.4 is 5.32 Å². The summed E-state index contributed by atoms with van der Waals surface area (Å²) in [4.78, 5) is 11.0. The molecule has 2 rings (SSSR count). The van der Waals surface area contributed by atoms with Crippen LogP contribution in [0.25, 0.3) is 0 Å². The Labute approximate surface area is 97.1 Å². The number of nitrogens with one attached hydrogen (secondary N) is 1. The van der Waals surface area contributed by atoms with E-state index in [1.807, 2.05) is 6.92 Å². The van der Waals surface area contributed by atoms with Gasteiger partial charge in [-0.15, -0.1) is 0 Å². The average molecular weight is 220 g/mol. The Morgan fingerprint density at radius 3 is 2.94 bits per heavy atom. The van der Waals surface area contributed by atoms with Crippen LogP contribution in [-0.2, 0) is 0 Å². The molecule has 2 heterocycles. The van der Waals surface area contributed by atoms with Gasteiger partial charge < -0.3 is 10.2 Å². The first kappa shape index (κ1) is 11.3.